The first-order valence-corrected chi connectivity index (χ1v) is 20.2. The number of carbonyl (C=O) groups is 4. The molecule has 2 rings (SSSR count). The van der Waals surface area contributed by atoms with Crippen molar-refractivity contribution in [2.24, 2.45) is 0 Å². The van der Waals surface area contributed by atoms with Crippen molar-refractivity contribution in [1.82, 2.24) is 21.3 Å². The summed E-state index contributed by atoms with van der Waals surface area (Å²) in [5.74, 6) is -0.151. The van der Waals surface area contributed by atoms with Gasteiger partial charge in [-0.15, -0.1) is 0 Å². The number of benzene rings is 2. The summed E-state index contributed by atoms with van der Waals surface area (Å²) in [5.41, 5.74) is 3.15. The molecule has 0 atom stereocenters. The van der Waals surface area contributed by atoms with Gasteiger partial charge in [0.2, 0.25) is 11.8 Å². The second-order valence-corrected chi connectivity index (χ2v) is 13.7. The van der Waals surface area contributed by atoms with Gasteiger partial charge in [0.15, 0.2) is 6.61 Å². The number of anilines is 1. The van der Waals surface area contributed by atoms with Gasteiger partial charge in [0.25, 0.3) is 5.91 Å². The average Bonchev–Trinajstić information content (AvgIpc) is 3.17. The molecule has 0 aromatic heterocycles. The Kier molecular flexibility index (Phi) is 26.6. The van der Waals surface area contributed by atoms with Crippen LogP contribution < -0.4 is 31.3 Å². The third-order valence-corrected chi connectivity index (χ3v) is 8.93. The molecule has 12 nitrogen and oxygen atoms in total. The first-order chi connectivity index (χ1) is 26.4. The topological polar surface area (TPSA) is 167 Å². The van der Waals surface area contributed by atoms with Crippen molar-refractivity contribution in [3.8, 4) is 16.9 Å². The molecule has 6 N–H and O–H groups in total. The Labute approximate surface area is 323 Å². The van der Waals surface area contributed by atoms with Crippen LogP contribution in [-0.4, -0.2) is 88.4 Å². The van der Waals surface area contributed by atoms with Crippen LogP contribution in [0.4, 0.5) is 5.69 Å². The van der Waals surface area contributed by atoms with Gasteiger partial charge in [0.05, 0.1) is 0 Å². The van der Waals surface area contributed by atoms with Gasteiger partial charge in [0, 0.05) is 64.8 Å². The van der Waals surface area contributed by atoms with Crippen LogP contribution in [0.1, 0.15) is 109 Å². The van der Waals surface area contributed by atoms with Gasteiger partial charge in [-0.05, 0) is 106 Å². The van der Waals surface area contributed by atoms with Gasteiger partial charge in [-0.25, -0.2) is 0 Å². The van der Waals surface area contributed by atoms with Crippen molar-refractivity contribution >= 4 is 29.4 Å². The Hall–Kier alpha value is -4.16. The Bertz CT molecular complexity index is 1310. The Morgan fingerprint density at radius 1 is 0.556 bits per heavy atom. The van der Waals surface area contributed by atoms with Crippen molar-refractivity contribution in [1.29, 1.82) is 0 Å². The molecule has 2 aromatic carbocycles. The summed E-state index contributed by atoms with van der Waals surface area (Å²) >= 11 is 0. The maximum Gasteiger partial charge on any atom is 0.303 e. The third-order valence-electron chi connectivity index (χ3n) is 8.93. The number of carboxylic acid groups (broad SMARTS) is 1. The Morgan fingerprint density at radius 2 is 1.09 bits per heavy atom. The molecule has 0 spiro atoms. The molecule has 0 aliphatic carbocycles. The molecular formula is C42H67N5O7. The van der Waals surface area contributed by atoms with Crippen molar-refractivity contribution in [3.05, 3.63) is 48.5 Å². The van der Waals surface area contributed by atoms with E-state index in [1.165, 1.54) is 6.42 Å². The van der Waals surface area contributed by atoms with Crippen LogP contribution in [0.2, 0.25) is 0 Å². The average molecular weight is 754 g/mol. The number of amides is 3. The summed E-state index contributed by atoms with van der Waals surface area (Å²) in [7, 11) is 1.72. The van der Waals surface area contributed by atoms with Crippen molar-refractivity contribution in [3.63, 3.8) is 0 Å². The van der Waals surface area contributed by atoms with Crippen molar-refractivity contribution in [2.75, 3.05) is 64.9 Å². The minimum absolute atomic E-state index is 0.0487. The molecule has 0 saturated heterocycles. The van der Waals surface area contributed by atoms with Crippen LogP contribution in [-0.2, 0) is 23.9 Å². The van der Waals surface area contributed by atoms with E-state index in [-0.39, 0.29) is 30.7 Å². The minimum Gasteiger partial charge on any atom is -0.484 e. The number of hydrogen-bond acceptors (Lipinski definition) is 8. The Morgan fingerprint density at radius 3 is 1.70 bits per heavy atom. The van der Waals surface area contributed by atoms with E-state index in [4.69, 9.17) is 14.6 Å². The quantitative estimate of drug-likeness (QED) is 0.0441. The van der Waals surface area contributed by atoms with Crippen LogP contribution in [0.3, 0.4) is 0 Å². The maximum absolute atomic E-state index is 12.3. The number of hydrogen-bond donors (Lipinski definition) is 6. The zero-order valence-electron chi connectivity index (χ0n) is 32.7. The molecule has 0 unspecified atom stereocenters. The number of rotatable bonds is 34. The summed E-state index contributed by atoms with van der Waals surface area (Å²) in [6, 6.07) is 15.9. The SMILES string of the molecule is COCCCNCCCCCCNC(=O)CCCCCNC(=O)COc1ccc(-c2cccc(NCCCCCC(=O)NCCCCCC(=O)O)c2)cc1. The van der Waals surface area contributed by atoms with Gasteiger partial charge < -0.3 is 41.2 Å². The second-order valence-electron chi connectivity index (χ2n) is 13.7. The molecule has 0 saturated carbocycles. The standard InChI is InChI=1S/C42H67N5O7/c1-53-32-16-27-43-26-10-2-3-11-29-45-39(48)20-8-5-13-31-47-41(50)34-54-38-24-22-35(23-25-38)36-17-15-18-37(33-36)44-28-12-4-7-19-40(49)46-30-14-6-9-21-42(51)52/h15,17-18,22-25,33,43-44H,2-14,16,19-21,26-32,34H2,1H3,(H,45,48)(H,46,49)(H,47,50)(H,51,52). The molecule has 54 heavy (non-hydrogen) atoms. The highest BCUT2D eigenvalue weighted by Crippen LogP contribution is 2.25. The molecule has 0 radical (unpaired) electrons. The molecular weight excluding hydrogens is 686 g/mol. The molecule has 0 heterocycles. The Balaban J connectivity index is 1.47. The van der Waals surface area contributed by atoms with E-state index in [0.29, 0.717) is 38.1 Å². The molecule has 0 fully saturated rings. The van der Waals surface area contributed by atoms with Crippen LogP contribution >= 0.6 is 0 Å². The highest BCUT2D eigenvalue weighted by atomic mass is 16.5. The lowest BCUT2D eigenvalue weighted by molar-refractivity contribution is -0.137. The number of methoxy groups -OCH3 is 1. The number of aliphatic carboxylic acids is 1. The fraction of sp³-hybridized carbons (Fsp3) is 0.619. The summed E-state index contributed by atoms with van der Waals surface area (Å²) in [6.07, 6.45) is 14.2. The first kappa shape index (κ1) is 46.0. The zero-order valence-corrected chi connectivity index (χ0v) is 32.7. The maximum atomic E-state index is 12.3. The number of carboxylic acids is 1. The number of carbonyl (C=O) groups excluding carboxylic acids is 3. The normalized spacial score (nSPS) is 10.8. The lowest BCUT2D eigenvalue weighted by Crippen LogP contribution is -2.29. The minimum atomic E-state index is -0.775. The molecule has 3 amide bonds. The summed E-state index contributed by atoms with van der Waals surface area (Å²) in [6.45, 7) is 5.50. The summed E-state index contributed by atoms with van der Waals surface area (Å²) < 4.78 is 10.7. The number of unbranched alkanes of at least 4 members (excludes halogenated alkanes) is 9. The highest BCUT2D eigenvalue weighted by Gasteiger charge is 2.06. The van der Waals surface area contributed by atoms with Gasteiger partial charge in [0.1, 0.15) is 5.75 Å². The summed E-state index contributed by atoms with van der Waals surface area (Å²) in [5, 5.41) is 24.4. The third kappa shape index (κ3) is 25.0. The molecule has 0 aliphatic rings. The lowest BCUT2D eigenvalue weighted by atomic mass is 10.0. The van der Waals surface area contributed by atoms with Gasteiger partial charge >= 0.3 is 5.97 Å². The van der Waals surface area contributed by atoms with E-state index in [1.54, 1.807) is 7.11 Å². The predicted molar refractivity (Wildman–Crippen MR) is 216 cm³/mol. The predicted octanol–water partition coefficient (Wildman–Crippen LogP) is 6.45. The van der Waals surface area contributed by atoms with E-state index >= 15 is 0 Å². The largest absolute Gasteiger partial charge is 0.484 e. The van der Waals surface area contributed by atoms with Crippen LogP contribution in [0.5, 0.6) is 5.75 Å². The fourth-order valence-corrected chi connectivity index (χ4v) is 5.79. The monoisotopic (exact) mass is 754 g/mol. The molecule has 0 aliphatic heterocycles. The fourth-order valence-electron chi connectivity index (χ4n) is 5.79. The van der Waals surface area contributed by atoms with Gasteiger partial charge in [-0.1, -0.05) is 56.4 Å². The van der Waals surface area contributed by atoms with Gasteiger partial charge in [-0.3, -0.25) is 19.2 Å². The second kappa shape index (κ2) is 31.2. The smallest absolute Gasteiger partial charge is 0.303 e. The highest BCUT2D eigenvalue weighted by molar-refractivity contribution is 5.77. The van der Waals surface area contributed by atoms with E-state index in [0.717, 1.165) is 127 Å². The van der Waals surface area contributed by atoms with E-state index in [1.807, 2.05) is 36.4 Å². The lowest BCUT2D eigenvalue weighted by Gasteiger charge is -2.10. The zero-order chi connectivity index (χ0) is 38.9. The van der Waals surface area contributed by atoms with Gasteiger partial charge in [-0.2, -0.15) is 0 Å². The van der Waals surface area contributed by atoms with Crippen LogP contribution in [0, 0.1) is 0 Å². The van der Waals surface area contributed by atoms with Crippen molar-refractivity contribution in [2.45, 2.75) is 109 Å². The van der Waals surface area contributed by atoms with E-state index in [9.17, 15) is 19.2 Å². The number of nitrogens with one attached hydrogen (secondary N) is 5. The number of ether oxygens (including phenoxy) is 2. The van der Waals surface area contributed by atoms with Crippen LogP contribution in [0.25, 0.3) is 11.1 Å². The molecule has 302 valence electrons. The van der Waals surface area contributed by atoms with E-state index in [2.05, 4.69) is 38.7 Å². The summed E-state index contributed by atoms with van der Waals surface area (Å²) in [4.78, 5) is 46.9. The van der Waals surface area contributed by atoms with E-state index < -0.39 is 5.97 Å². The molecule has 0 bridgehead atoms. The van der Waals surface area contributed by atoms with Crippen LogP contribution in [0.15, 0.2) is 48.5 Å². The molecule has 12 heteroatoms. The molecule has 2 aromatic rings. The first-order valence-electron chi connectivity index (χ1n) is 20.2. The van der Waals surface area contributed by atoms with Crippen molar-refractivity contribution < 1.29 is 33.8 Å².